The topological polar surface area (TPSA) is 72.9 Å². The number of anilines is 2. The number of nitrogens with one attached hydrogen (secondary N) is 1. The Hall–Kier alpha value is -3.45. The lowest BCUT2D eigenvalue weighted by molar-refractivity contribution is 0.0993. The zero-order valence-electron chi connectivity index (χ0n) is 16.7. The first-order chi connectivity index (χ1) is 14.6. The van der Waals surface area contributed by atoms with Gasteiger partial charge in [0, 0.05) is 18.0 Å². The van der Waals surface area contributed by atoms with E-state index in [4.69, 9.17) is 25.8 Å². The summed E-state index contributed by atoms with van der Waals surface area (Å²) in [4.78, 5) is 19.3. The lowest BCUT2D eigenvalue weighted by Gasteiger charge is -2.27. The number of pyridine rings is 1. The minimum Gasteiger partial charge on any atom is -0.497 e. The summed E-state index contributed by atoms with van der Waals surface area (Å²) >= 11 is 6.33. The maximum atomic E-state index is 13.2. The lowest BCUT2D eigenvalue weighted by atomic mass is 10.2. The summed E-state index contributed by atoms with van der Waals surface area (Å²) in [5, 5.41) is 3.78. The van der Waals surface area contributed by atoms with Crippen molar-refractivity contribution in [3.05, 3.63) is 71.0 Å². The summed E-state index contributed by atoms with van der Waals surface area (Å²) in [6.45, 7) is 0. The molecule has 0 spiro atoms. The van der Waals surface area contributed by atoms with Gasteiger partial charge in [0.2, 0.25) is 0 Å². The number of carbonyl (C=O) groups excluding carboxylic acids is 1. The van der Waals surface area contributed by atoms with Crippen molar-refractivity contribution in [3.8, 4) is 17.2 Å². The van der Waals surface area contributed by atoms with Crippen molar-refractivity contribution in [2.75, 3.05) is 31.5 Å². The van der Waals surface area contributed by atoms with Crippen LogP contribution >= 0.6 is 11.6 Å². The van der Waals surface area contributed by atoms with Crippen LogP contribution in [0.15, 0.2) is 54.7 Å². The van der Waals surface area contributed by atoms with Crippen LogP contribution < -0.4 is 24.4 Å². The number of carbonyl (C=O) groups is 1. The van der Waals surface area contributed by atoms with Gasteiger partial charge in [-0.2, -0.15) is 0 Å². The molecule has 0 bridgehead atoms. The van der Waals surface area contributed by atoms with E-state index in [1.165, 1.54) is 7.11 Å². The molecule has 0 unspecified atom stereocenters. The van der Waals surface area contributed by atoms with Crippen molar-refractivity contribution in [2.45, 2.75) is 6.17 Å². The number of nitrogens with zero attached hydrogens (tertiary/aromatic N) is 2. The molecule has 1 N–H and O–H groups in total. The smallest absolute Gasteiger partial charge is 0.262 e. The molecule has 7 nitrogen and oxygen atoms in total. The van der Waals surface area contributed by atoms with Gasteiger partial charge in [0.05, 0.1) is 43.3 Å². The second kappa shape index (κ2) is 8.12. The highest BCUT2D eigenvalue weighted by molar-refractivity contribution is 6.32. The van der Waals surface area contributed by atoms with E-state index in [2.05, 4.69) is 10.3 Å². The summed E-state index contributed by atoms with van der Waals surface area (Å²) in [5.41, 5.74) is 2.46. The molecule has 3 aromatic rings. The van der Waals surface area contributed by atoms with Gasteiger partial charge >= 0.3 is 0 Å². The van der Waals surface area contributed by atoms with Gasteiger partial charge in [0.15, 0.2) is 6.17 Å². The van der Waals surface area contributed by atoms with Gasteiger partial charge < -0.3 is 19.5 Å². The van der Waals surface area contributed by atoms with E-state index in [1.54, 1.807) is 61.7 Å². The Bertz CT molecular complexity index is 1090. The number of fused-ring (bicyclic) bond motifs is 1. The molecular weight excluding hydrogens is 406 g/mol. The molecule has 0 fully saturated rings. The Morgan fingerprint density at radius 3 is 2.40 bits per heavy atom. The molecule has 0 saturated carbocycles. The summed E-state index contributed by atoms with van der Waals surface area (Å²) in [6.07, 6.45) is 1.11. The quantitative estimate of drug-likeness (QED) is 0.625. The molecule has 30 heavy (non-hydrogen) atoms. The van der Waals surface area contributed by atoms with Gasteiger partial charge in [0.25, 0.3) is 5.91 Å². The van der Waals surface area contributed by atoms with Crippen molar-refractivity contribution in [3.63, 3.8) is 0 Å². The lowest BCUT2D eigenvalue weighted by Crippen LogP contribution is -2.32. The van der Waals surface area contributed by atoms with Crippen LogP contribution in [0.3, 0.4) is 0 Å². The van der Waals surface area contributed by atoms with E-state index in [9.17, 15) is 4.79 Å². The summed E-state index contributed by atoms with van der Waals surface area (Å²) in [5.74, 6) is 1.57. The molecule has 1 aliphatic rings. The number of amides is 1. The van der Waals surface area contributed by atoms with Crippen LogP contribution in [-0.2, 0) is 0 Å². The average molecular weight is 426 g/mol. The molecule has 0 radical (unpaired) electrons. The number of ether oxygens (including phenoxy) is 3. The second-order valence-electron chi connectivity index (χ2n) is 6.54. The van der Waals surface area contributed by atoms with Crippen molar-refractivity contribution in [2.24, 2.45) is 0 Å². The number of aromatic nitrogens is 1. The normalized spacial score (nSPS) is 15.0. The zero-order chi connectivity index (χ0) is 21.3. The number of hydrogen-bond acceptors (Lipinski definition) is 6. The first-order valence-electron chi connectivity index (χ1n) is 9.18. The Labute approximate surface area is 179 Å². The van der Waals surface area contributed by atoms with E-state index >= 15 is 0 Å². The standard InChI is InChI=1S/C22H20ClN3O4/c1-28-14-8-6-13(7-9-14)26-21(20-15(22(26)27)5-4-10-24-20)25-17-11-16(23)18(29-2)12-19(17)30-3/h4-12,21,25H,1-3H3/t21-/m1/s1. The Balaban J connectivity index is 1.78. The van der Waals surface area contributed by atoms with Gasteiger partial charge in [0.1, 0.15) is 17.2 Å². The van der Waals surface area contributed by atoms with Gasteiger partial charge in [-0.15, -0.1) is 0 Å². The van der Waals surface area contributed by atoms with Crippen LogP contribution in [0.4, 0.5) is 11.4 Å². The molecule has 1 atom stereocenters. The van der Waals surface area contributed by atoms with Crippen molar-refractivity contribution in [1.29, 1.82) is 0 Å². The van der Waals surface area contributed by atoms with Crippen molar-refractivity contribution in [1.82, 2.24) is 4.98 Å². The molecule has 1 aromatic heterocycles. The maximum absolute atomic E-state index is 13.2. The third kappa shape index (κ3) is 3.37. The number of hydrogen-bond donors (Lipinski definition) is 1. The monoisotopic (exact) mass is 425 g/mol. The van der Waals surface area contributed by atoms with E-state index in [0.717, 1.165) is 0 Å². The maximum Gasteiger partial charge on any atom is 0.262 e. The minimum absolute atomic E-state index is 0.153. The molecule has 0 aliphatic carbocycles. The van der Waals surface area contributed by atoms with Gasteiger partial charge in [-0.3, -0.25) is 14.7 Å². The van der Waals surface area contributed by atoms with Gasteiger partial charge in [-0.05, 0) is 42.5 Å². The summed E-state index contributed by atoms with van der Waals surface area (Å²) in [7, 11) is 4.69. The molecule has 2 heterocycles. The molecule has 2 aromatic carbocycles. The third-order valence-electron chi connectivity index (χ3n) is 4.92. The van der Waals surface area contributed by atoms with E-state index in [0.29, 0.717) is 44.9 Å². The molecule has 1 aliphatic heterocycles. The first-order valence-corrected chi connectivity index (χ1v) is 9.55. The summed E-state index contributed by atoms with van der Waals surface area (Å²) in [6, 6.07) is 14.2. The minimum atomic E-state index is -0.555. The van der Waals surface area contributed by atoms with Crippen LogP contribution in [0.5, 0.6) is 17.2 Å². The largest absolute Gasteiger partial charge is 0.497 e. The highest BCUT2D eigenvalue weighted by atomic mass is 35.5. The number of benzene rings is 2. The fraction of sp³-hybridized carbons (Fsp3) is 0.182. The molecule has 1 amide bonds. The molecule has 4 rings (SSSR count). The van der Waals surface area contributed by atoms with E-state index < -0.39 is 6.17 Å². The predicted molar refractivity (Wildman–Crippen MR) is 115 cm³/mol. The Morgan fingerprint density at radius 2 is 1.73 bits per heavy atom. The fourth-order valence-corrected chi connectivity index (χ4v) is 3.69. The average Bonchev–Trinajstić information content (AvgIpc) is 3.06. The van der Waals surface area contributed by atoms with Crippen molar-refractivity contribution < 1.29 is 19.0 Å². The van der Waals surface area contributed by atoms with Crippen LogP contribution in [0.25, 0.3) is 0 Å². The Morgan fingerprint density at radius 1 is 1.00 bits per heavy atom. The van der Waals surface area contributed by atoms with Crippen LogP contribution in [0.2, 0.25) is 5.02 Å². The highest BCUT2D eigenvalue weighted by Crippen LogP contribution is 2.41. The van der Waals surface area contributed by atoms with E-state index in [-0.39, 0.29) is 5.91 Å². The second-order valence-corrected chi connectivity index (χ2v) is 6.95. The SMILES string of the molecule is COc1ccc(N2C(=O)c3cccnc3[C@@H]2Nc2cc(Cl)c(OC)cc2OC)cc1. The van der Waals surface area contributed by atoms with Gasteiger partial charge in [-0.1, -0.05) is 11.6 Å². The fourth-order valence-electron chi connectivity index (χ4n) is 3.45. The zero-order valence-corrected chi connectivity index (χ0v) is 17.4. The van der Waals surface area contributed by atoms with Crippen LogP contribution in [0.1, 0.15) is 22.2 Å². The number of halogens is 1. The van der Waals surface area contributed by atoms with E-state index in [1.807, 2.05) is 12.1 Å². The Kier molecular flexibility index (Phi) is 5.37. The van der Waals surface area contributed by atoms with Gasteiger partial charge in [-0.25, -0.2) is 0 Å². The molecule has 8 heteroatoms. The number of methoxy groups -OCH3 is 3. The highest BCUT2D eigenvalue weighted by Gasteiger charge is 2.39. The van der Waals surface area contributed by atoms with Crippen LogP contribution in [-0.4, -0.2) is 32.2 Å². The van der Waals surface area contributed by atoms with Crippen molar-refractivity contribution >= 4 is 28.9 Å². The molecule has 154 valence electrons. The van der Waals surface area contributed by atoms with Crippen LogP contribution in [0, 0.1) is 0 Å². The first kappa shape index (κ1) is 19.8. The predicted octanol–water partition coefficient (Wildman–Crippen LogP) is 4.53. The molecule has 0 saturated heterocycles. The molecular formula is C22H20ClN3O4. The summed E-state index contributed by atoms with van der Waals surface area (Å²) < 4.78 is 16.0. The third-order valence-corrected chi connectivity index (χ3v) is 5.22. The number of rotatable bonds is 6.